The molecule has 234 valence electrons. The zero-order valence-electron chi connectivity index (χ0n) is 23.7. The van der Waals surface area contributed by atoms with E-state index < -0.39 is 73.7 Å². The van der Waals surface area contributed by atoms with Crippen molar-refractivity contribution in [3.63, 3.8) is 0 Å². The molecule has 2 aliphatic heterocycles. The lowest BCUT2D eigenvalue weighted by atomic mass is 9.88. The van der Waals surface area contributed by atoms with Crippen LogP contribution in [-0.4, -0.2) is 115 Å². The lowest BCUT2D eigenvalue weighted by Gasteiger charge is -2.45. The van der Waals surface area contributed by atoms with Gasteiger partial charge in [0.2, 0.25) is 18.3 Å². The molecule has 0 unspecified atom stereocenters. The van der Waals surface area contributed by atoms with Crippen LogP contribution in [0.3, 0.4) is 0 Å². The number of benzene rings is 2. The Balaban J connectivity index is 1.57. The van der Waals surface area contributed by atoms with Gasteiger partial charge in [0, 0.05) is 0 Å². The molecule has 0 amide bonds. The fourth-order valence-electron chi connectivity index (χ4n) is 5.13. The first-order valence-electron chi connectivity index (χ1n) is 13.9. The average Bonchev–Trinajstić information content (AvgIpc) is 2.98. The summed E-state index contributed by atoms with van der Waals surface area (Å²) >= 11 is 0. The number of rotatable bonds is 9. The molecule has 42 heavy (non-hydrogen) atoms. The summed E-state index contributed by atoms with van der Waals surface area (Å²) in [6, 6.07) is 10.7. The van der Waals surface area contributed by atoms with E-state index in [4.69, 9.17) is 24.7 Å². The second kappa shape index (κ2) is 12.7. The van der Waals surface area contributed by atoms with Gasteiger partial charge in [0.25, 0.3) is 0 Å². The van der Waals surface area contributed by atoms with Crippen LogP contribution < -0.4 is 15.2 Å². The minimum atomic E-state index is -2.45. The molecule has 13 nitrogen and oxygen atoms in total. The zero-order chi connectivity index (χ0) is 31.0. The predicted octanol–water partition coefficient (Wildman–Crippen LogP) is -1.49. The van der Waals surface area contributed by atoms with E-state index in [9.17, 15) is 40.9 Å². The van der Waals surface area contributed by atoms with Crippen LogP contribution in [-0.2, 0) is 22.3 Å². The first-order valence-corrected chi connectivity index (χ1v) is 13.9. The molecule has 0 bridgehead atoms. The highest BCUT2D eigenvalue weighted by Gasteiger charge is 2.55. The molecule has 4 rings (SSSR count). The Bertz CT molecular complexity index is 1130. The Kier molecular flexibility index (Phi) is 9.82. The van der Waals surface area contributed by atoms with Crippen LogP contribution in [0.25, 0.3) is 11.1 Å². The molecule has 10 N–H and O–H groups in total. The smallest absolute Gasteiger partial charge is 0.245 e. The summed E-state index contributed by atoms with van der Waals surface area (Å²) in [4.78, 5) is 0. The van der Waals surface area contributed by atoms with Gasteiger partial charge in [-0.1, -0.05) is 26.0 Å². The van der Waals surface area contributed by atoms with Crippen LogP contribution >= 0.6 is 0 Å². The Hall–Kier alpha value is -2.40. The maximum atomic E-state index is 10.8. The minimum Gasteiger partial charge on any atom is -0.461 e. The molecule has 0 spiro atoms. The van der Waals surface area contributed by atoms with E-state index in [0.717, 1.165) is 22.3 Å². The summed E-state index contributed by atoms with van der Waals surface area (Å²) in [5.41, 5.74) is 4.56. The van der Waals surface area contributed by atoms with Gasteiger partial charge in [-0.15, -0.1) is 0 Å². The van der Waals surface area contributed by atoms with Crippen molar-refractivity contribution in [2.75, 3.05) is 13.2 Å². The summed E-state index contributed by atoms with van der Waals surface area (Å²) in [6.45, 7) is 3.90. The van der Waals surface area contributed by atoms with E-state index in [-0.39, 0.29) is 0 Å². The largest absolute Gasteiger partial charge is 0.461 e. The number of hydrogen-bond acceptors (Lipinski definition) is 13. The summed E-state index contributed by atoms with van der Waals surface area (Å²) in [6.07, 6.45) is -10.8. The van der Waals surface area contributed by atoms with Crippen molar-refractivity contribution in [2.24, 2.45) is 5.73 Å². The van der Waals surface area contributed by atoms with E-state index in [1.807, 2.05) is 26.0 Å². The molecule has 2 aliphatic rings. The molecular formula is C29H41NO12. The molecule has 2 heterocycles. The maximum Gasteiger partial charge on any atom is 0.245 e. The van der Waals surface area contributed by atoms with Gasteiger partial charge in [-0.2, -0.15) is 0 Å². The predicted molar refractivity (Wildman–Crippen MR) is 147 cm³/mol. The summed E-state index contributed by atoms with van der Waals surface area (Å²) in [5, 5.41) is 81.2. The monoisotopic (exact) mass is 595 g/mol. The third-order valence-electron chi connectivity index (χ3n) is 7.98. The van der Waals surface area contributed by atoms with E-state index in [1.165, 1.54) is 6.92 Å². The van der Waals surface area contributed by atoms with Gasteiger partial charge in [-0.3, -0.25) is 5.73 Å². The van der Waals surface area contributed by atoms with Crippen LogP contribution in [0.4, 0.5) is 0 Å². The van der Waals surface area contributed by atoms with E-state index in [0.29, 0.717) is 24.3 Å². The van der Waals surface area contributed by atoms with Crippen molar-refractivity contribution in [1.82, 2.24) is 0 Å². The number of nitrogens with two attached hydrogens (primary N) is 1. The number of aryl methyl sites for hydroxylation is 2. The molecule has 2 fully saturated rings. The number of aliphatic hydroxyl groups is 8. The molecular weight excluding hydrogens is 554 g/mol. The molecule has 0 aromatic heterocycles. The summed E-state index contributed by atoms with van der Waals surface area (Å²) in [5.74, 6) is 0.709. The quantitative estimate of drug-likeness (QED) is 0.151. The Morgan fingerprint density at radius 3 is 1.62 bits per heavy atom. The third-order valence-corrected chi connectivity index (χ3v) is 7.98. The highest BCUT2D eigenvalue weighted by atomic mass is 16.7. The highest BCUT2D eigenvalue weighted by Crippen LogP contribution is 2.36. The zero-order valence-corrected chi connectivity index (χ0v) is 23.7. The summed E-state index contributed by atoms with van der Waals surface area (Å²) in [7, 11) is 0. The molecule has 2 saturated heterocycles. The lowest BCUT2D eigenvalue weighted by molar-refractivity contribution is -0.319. The van der Waals surface area contributed by atoms with E-state index in [1.54, 1.807) is 24.3 Å². The van der Waals surface area contributed by atoms with Crippen LogP contribution in [0.15, 0.2) is 36.4 Å². The minimum absolute atomic E-state index is 0.321. The van der Waals surface area contributed by atoms with Gasteiger partial charge in [0.05, 0.1) is 13.2 Å². The molecule has 0 saturated carbocycles. The third kappa shape index (κ3) is 6.00. The van der Waals surface area contributed by atoms with Gasteiger partial charge >= 0.3 is 0 Å². The van der Waals surface area contributed by atoms with Crippen LogP contribution in [0.1, 0.15) is 31.9 Å². The van der Waals surface area contributed by atoms with Crippen LogP contribution in [0.2, 0.25) is 0 Å². The fourth-order valence-corrected chi connectivity index (χ4v) is 5.13. The van der Waals surface area contributed by atoms with Crippen molar-refractivity contribution in [3.05, 3.63) is 47.5 Å². The van der Waals surface area contributed by atoms with Gasteiger partial charge in [-0.05, 0) is 66.3 Å². The standard InChI is InChI=1S/C29H41NO12/c1-4-14-10-16(6-8-18(14)39-26-28(3,37)24(35)22(33)20(12-31)41-26)17-7-9-19(15(5-2)11-17)40-27-29(30,38)25(36)23(34)21(13-32)42-27/h6-11,20-27,31-38H,4-5,12-13,30H2,1-3H3/t20-,21-,22-,23-,24+,25+,26+,27+,28+,29+/m1/s1. The fraction of sp³-hybridized carbons (Fsp3) is 0.586. The van der Waals surface area contributed by atoms with Gasteiger partial charge < -0.3 is 59.8 Å². The first-order chi connectivity index (χ1) is 19.8. The van der Waals surface area contributed by atoms with Gasteiger partial charge in [0.15, 0.2) is 5.60 Å². The molecule has 13 heteroatoms. The SMILES string of the molecule is CCc1cc(-c2ccc(O[C@H]3O[C@H](CO)[C@@H](O)[C@H](O)[C@]3(N)O)c(CC)c2)ccc1O[C@H]1O[C@H](CO)[C@@H](O)[C@H](O)[C@]1(C)O. The second-order valence-corrected chi connectivity index (χ2v) is 10.9. The van der Waals surface area contributed by atoms with Crippen molar-refractivity contribution >= 4 is 0 Å². The second-order valence-electron chi connectivity index (χ2n) is 10.9. The molecule has 0 aliphatic carbocycles. The molecule has 2 aromatic rings. The molecule has 10 atom stereocenters. The first kappa shape index (κ1) is 32.5. The Morgan fingerprint density at radius 1 is 0.738 bits per heavy atom. The van der Waals surface area contributed by atoms with Crippen LogP contribution in [0.5, 0.6) is 11.5 Å². The summed E-state index contributed by atoms with van der Waals surface area (Å²) < 4.78 is 22.8. The van der Waals surface area contributed by atoms with E-state index in [2.05, 4.69) is 0 Å². The topological polar surface area (TPSA) is 225 Å². The lowest BCUT2D eigenvalue weighted by Crippen LogP contribution is -2.72. The highest BCUT2D eigenvalue weighted by molar-refractivity contribution is 5.68. The Morgan fingerprint density at radius 2 is 1.17 bits per heavy atom. The number of ether oxygens (including phenoxy) is 4. The normalized spacial score (nSPS) is 37.0. The Labute approximate surface area is 243 Å². The number of hydrogen-bond donors (Lipinski definition) is 9. The maximum absolute atomic E-state index is 10.8. The average molecular weight is 596 g/mol. The van der Waals surface area contributed by atoms with Gasteiger partial charge in [0.1, 0.15) is 48.1 Å². The molecule has 2 aromatic carbocycles. The van der Waals surface area contributed by atoms with Crippen molar-refractivity contribution in [1.29, 1.82) is 0 Å². The van der Waals surface area contributed by atoms with Crippen molar-refractivity contribution < 1.29 is 59.8 Å². The van der Waals surface area contributed by atoms with E-state index >= 15 is 0 Å². The van der Waals surface area contributed by atoms with Crippen molar-refractivity contribution in [2.45, 2.75) is 94.1 Å². The van der Waals surface area contributed by atoms with Crippen molar-refractivity contribution in [3.8, 4) is 22.6 Å². The van der Waals surface area contributed by atoms with Crippen LogP contribution in [0, 0.1) is 0 Å². The number of aliphatic hydroxyl groups excluding tert-OH is 6. The van der Waals surface area contributed by atoms with Gasteiger partial charge in [-0.25, -0.2) is 0 Å². The molecule has 0 radical (unpaired) electrons.